The number of halogens is 8. The van der Waals surface area contributed by atoms with Gasteiger partial charge in [-0.25, -0.2) is 0 Å². The van der Waals surface area contributed by atoms with Gasteiger partial charge in [0, 0.05) is 44.4 Å². The first-order chi connectivity index (χ1) is 20.3. The van der Waals surface area contributed by atoms with Crippen molar-refractivity contribution in [2.75, 3.05) is 53.0 Å². The standard InChI is InChI=1S/C32H37F6N3O2.2ClH/c1-22-8-9-24(15-23(22)2)16-29-20-39(10-4-5-11-40-12-6-7-28(40)21-43-3)13-14-41(29)30(42)25-17-26(31(33,34)35)19-27(18-25)32(36,37)38;;/h8-9,15,17-19,28-29H,6-7,10-14,16,20-21H2,1-3H3;2*1H/t28-,29+;;/m0../s1. The third-order valence-corrected chi connectivity index (χ3v) is 8.27. The smallest absolute Gasteiger partial charge is 0.383 e. The molecule has 2 aromatic rings. The Hall–Kier alpha value is -2.49. The minimum atomic E-state index is -5.04. The highest BCUT2D eigenvalue weighted by molar-refractivity contribution is 5.95. The predicted molar refractivity (Wildman–Crippen MR) is 166 cm³/mol. The first kappa shape index (κ1) is 38.7. The summed E-state index contributed by atoms with van der Waals surface area (Å²) >= 11 is 0. The summed E-state index contributed by atoms with van der Waals surface area (Å²) in [6.45, 7) is 7.55. The number of hydrogen-bond donors (Lipinski definition) is 0. The molecule has 1 amide bonds. The molecule has 2 saturated heterocycles. The van der Waals surface area contributed by atoms with Crippen molar-refractivity contribution in [1.29, 1.82) is 0 Å². The number of nitrogens with zero attached hydrogens (tertiary/aromatic N) is 3. The molecule has 2 aliphatic heterocycles. The van der Waals surface area contributed by atoms with Gasteiger partial charge in [0.25, 0.3) is 5.91 Å². The Morgan fingerprint density at radius 3 is 2.11 bits per heavy atom. The number of amides is 1. The normalized spacial score (nSPS) is 19.4. The van der Waals surface area contributed by atoms with Crippen LogP contribution in [0.4, 0.5) is 26.3 Å². The highest BCUT2D eigenvalue weighted by atomic mass is 35.5. The summed E-state index contributed by atoms with van der Waals surface area (Å²) in [5, 5.41) is 0. The molecule has 5 nitrogen and oxygen atoms in total. The Morgan fingerprint density at radius 1 is 0.867 bits per heavy atom. The molecule has 0 saturated carbocycles. The van der Waals surface area contributed by atoms with Gasteiger partial charge in [-0.05, 0) is 74.5 Å². The second kappa shape index (κ2) is 16.4. The van der Waals surface area contributed by atoms with Crippen LogP contribution in [0.1, 0.15) is 51.0 Å². The van der Waals surface area contributed by atoms with Crippen LogP contribution in [0.5, 0.6) is 0 Å². The summed E-state index contributed by atoms with van der Waals surface area (Å²) in [7, 11) is 1.68. The van der Waals surface area contributed by atoms with Crippen molar-refractivity contribution >= 4 is 30.7 Å². The van der Waals surface area contributed by atoms with E-state index in [-0.39, 0.29) is 37.4 Å². The van der Waals surface area contributed by atoms with Gasteiger partial charge in [0.1, 0.15) is 0 Å². The fourth-order valence-corrected chi connectivity index (χ4v) is 5.76. The molecule has 4 rings (SSSR count). The van der Waals surface area contributed by atoms with Crippen molar-refractivity contribution in [2.24, 2.45) is 0 Å². The number of alkyl halides is 6. The SMILES string of the molecule is COC[C@@H]1CCCN1CC#CCN1CCN(C(=O)c2cc(C(F)(F)F)cc(C(F)(F)F)c2)[C@H](Cc2ccc(C)c(C)c2)C1.Cl.Cl. The molecule has 0 radical (unpaired) electrons. The molecule has 2 aliphatic rings. The largest absolute Gasteiger partial charge is 0.416 e. The van der Waals surface area contributed by atoms with Gasteiger partial charge in [0.05, 0.1) is 30.8 Å². The molecule has 0 aromatic heterocycles. The van der Waals surface area contributed by atoms with E-state index in [2.05, 4.69) is 21.6 Å². The second-order valence-corrected chi connectivity index (χ2v) is 11.4. The molecule has 0 bridgehead atoms. The van der Waals surface area contributed by atoms with Crippen LogP contribution in [0.2, 0.25) is 0 Å². The molecular formula is C32H39Cl2F6N3O2. The number of benzene rings is 2. The van der Waals surface area contributed by atoms with Crippen molar-refractivity contribution in [1.82, 2.24) is 14.7 Å². The van der Waals surface area contributed by atoms with Gasteiger partial charge < -0.3 is 9.64 Å². The van der Waals surface area contributed by atoms with Crippen LogP contribution in [-0.4, -0.2) is 85.7 Å². The third-order valence-electron chi connectivity index (χ3n) is 8.27. The zero-order valence-electron chi connectivity index (χ0n) is 25.4. The number of carbonyl (C=O) groups is 1. The number of methoxy groups -OCH3 is 1. The predicted octanol–water partition coefficient (Wildman–Crippen LogP) is 6.67. The van der Waals surface area contributed by atoms with Crippen molar-refractivity contribution in [2.45, 2.75) is 57.5 Å². The Morgan fingerprint density at radius 2 is 1.51 bits per heavy atom. The molecule has 2 heterocycles. The lowest BCUT2D eigenvalue weighted by Crippen LogP contribution is -2.56. The van der Waals surface area contributed by atoms with Gasteiger partial charge in [-0.15, -0.1) is 24.8 Å². The Kier molecular flexibility index (Phi) is 14.1. The van der Waals surface area contributed by atoms with Crippen molar-refractivity contribution in [3.63, 3.8) is 0 Å². The molecule has 250 valence electrons. The van der Waals surface area contributed by atoms with Crippen LogP contribution < -0.4 is 0 Å². The topological polar surface area (TPSA) is 36.0 Å². The minimum absolute atomic E-state index is 0. The van der Waals surface area contributed by atoms with Crippen LogP contribution >= 0.6 is 24.8 Å². The lowest BCUT2D eigenvalue weighted by Gasteiger charge is -2.41. The van der Waals surface area contributed by atoms with E-state index >= 15 is 0 Å². The van der Waals surface area contributed by atoms with Crippen molar-refractivity contribution < 1.29 is 35.9 Å². The number of aryl methyl sites for hydroxylation is 2. The van der Waals surface area contributed by atoms with E-state index in [4.69, 9.17) is 4.74 Å². The lowest BCUT2D eigenvalue weighted by molar-refractivity contribution is -0.143. The molecule has 0 spiro atoms. The molecule has 2 aromatic carbocycles. The quantitative estimate of drug-likeness (QED) is 0.242. The number of hydrogen-bond acceptors (Lipinski definition) is 4. The van der Waals surface area contributed by atoms with Crippen molar-refractivity contribution in [3.05, 3.63) is 69.8 Å². The summed E-state index contributed by atoms with van der Waals surface area (Å²) < 4.78 is 86.4. The highest BCUT2D eigenvalue weighted by Gasteiger charge is 2.39. The zero-order chi connectivity index (χ0) is 31.4. The van der Waals surface area contributed by atoms with Crippen molar-refractivity contribution in [3.8, 4) is 11.8 Å². The van der Waals surface area contributed by atoms with Gasteiger partial charge in [0.15, 0.2) is 0 Å². The van der Waals surface area contributed by atoms with Crippen LogP contribution in [0, 0.1) is 25.7 Å². The summed E-state index contributed by atoms with van der Waals surface area (Å²) in [5.41, 5.74) is -0.567. The lowest BCUT2D eigenvalue weighted by atomic mass is 9.97. The fourth-order valence-electron chi connectivity index (χ4n) is 5.76. The zero-order valence-corrected chi connectivity index (χ0v) is 27.1. The molecular weight excluding hydrogens is 643 g/mol. The van der Waals surface area contributed by atoms with Gasteiger partial charge in [-0.3, -0.25) is 14.6 Å². The average molecular weight is 683 g/mol. The number of piperazine rings is 1. The number of likely N-dealkylation sites (tertiary alicyclic amines) is 1. The first-order valence-electron chi connectivity index (χ1n) is 14.3. The van der Waals surface area contributed by atoms with Gasteiger partial charge in [-0.1, -0.05) is 30.0 Å². The molecule has 0 unspecified atom stereocenters. The Labute approximate surface area is 273 Å². The van der Waals surface area contributed by atoms with E-state index in [0.29, 0.717) is 57.4 Å². The molecule has 2 atom stereocenters. The Balaban J connectivity index is 0.00000353. The van der Waals surface area contributed by atoms with E-state index in [1.54, 1.807) is 7.11 Å². The van der Waals surface area contributed by atoms with Crippen LogP contribution in [-0.2, 0) is 23.5 Å². The molecule has 0 N–H and O–H groups in total. The average Bonchev–Trinajstić information content (AvgIpc) is 3.39. The maximum Gasteiger partial charge on any atom is 0.416 e. The summed E-state index contributed by atoms with van der Waals surface area (Å²) in [6, 6.07) is 6.83. The summed E-state index contributed by atoms with van der Waals surface area (Å²) in [6.07, 6.45) is -7.51. The number of rotatable bonds is 7. The molecule has 45 heavy (non-hydrogen) atoms. The Bertz CT molecular complexity index is 1330. The summed E-state index contributed by atoms with van der Waals surface area (Å²) in [5.74, 6) is 5.58. The number of ether oxygens (including phenoxy) is 1. The van der Waals surface area contributed by atoms with E-state index in [1.165, 1.54) is 4.90 Å². The molecule has 13 heteroatoms. The van der Waals surface area contributed by atoms with E-state index in [1.807, 2.05) is 32.0 Å². The van der Waals surface area contributed by atoms with Gasteiger partial charge in [-0.2, -0.15) is 26.3 Å². The third kappa shape index (κ3) is 10.2. The highest BCUT2D eigenvalue weighted by Crippen LogP contribution is 2.37. The van der Waals surface area contributed by atoms with Crippen LogP contribution in [0.3, 0.4) is 0 Å². The van der Waals surface area contributed by atoms with Crippen LogP contribution in [0.15, 0.2) is 36.4 Å². The van der Waals surface area contributed by atoms with E-state index in [0.717, 1.165) is 36.1 Å². The minimum Gasteiger partial charge on any atom is -0.383 e. The van der Waals surface area contributed by atoms with Gasteiger partial charge >= 0.3 is 12.4 Å². The molecule has 0 aliphatic carbocycles. The van der Waals surface area contributed by atoms with Crippen LogP contribution in [0.25, 0.3) is 0 Å². The van der Waals surface area contributed by atoms with E-state index < -0.39 is 41.0 Å². The molecule has 2 fully saturated rings. The monoisotopic (exact) mass is 681 g/mol. The van der Waals surface area contributed by atoms with E-state index in [9.17, 15) is 31.1 Å². The number of carbonyl (C=O) groups excluding carboxylic acids is 1. The maximum absolute atomic E-state index is 13.6. The summed E-state index contributed by atoms with van der Waals surface area (Å²) in [4.78, 5) is 19.4. The fraction of sp³-hybridized carbons (Fsp3) is 0.531. The maximum atomic E-state index is 13.6. The van der Waals surface area contributed by atoms with Gasteiger partial charge in [0.2, 0.25) is 0 Å². The second-order valence-electron chi connectivity index (χ2n) is 11.4. The first-order valence-corrected chi connectivity index (χ1v) is 14.3.